The molecule has 0 radical (unpaired) electrons. The van der Waals surface area contributed by atoms with E-state index in [0.717, 1.165) is 29.2 Å². The van der Waals surface area contributed by atoms with Gasteiger partial charge in [0.05, 0.1) is 12.1 Å². The first-order valence-electron chi connectivity index (χ1n) is 6.88. The van der Waals surface area contributed by atoms with Gasteiger partial charge in [0.25, 0.3) is 0 Å². The quantitative estimate of drug-likeness (QED) is 0.870. The molecule has 1 aromatic rings. The summed E-state index contributed by atoms with van der Waals surface area (Å²) in [5, 5.41) is 11.2. The van der Waals surface area contributed by atoms with Crippen LogP contribution in [0.5, 0.6) is 0 Å². The summed E-state index contributed by atoms with van der Waals surface area (Å²) >= 11 is 0. The van der Waals surface area contributed by atoms with Gasteiger partial charge in [0.15, 0.2) is 0 Å². The lowest BCUT2D eigenvalue weighted by atomic mass is 10.1. The van der Waals surface area contributed by atoms with Gasteiger partial charge in [-0.2, -0.15) is 13.2 Å². The van der Waals surface area contributed by atoms with Crippen molar-refractivity contribution in [3.8, 4) is 0 Å². The predicted molar refractivity (Wildman–Crippen MR) is 74.2 cm³/mol. The van der Waals surface area contributed by atoms with Gasteiger partial charge in [-0.15, -0.1) is 0 Å². The minimum absolute atomic E-state index is 0.0791. The molecule has 23 heavy (non-hydrogen) atoms. The van der Waals surface area contributed by atoms with Crippen molar-refractivity contribution in [3.05, 3.63) is 29.8 Å². The Morgan fingerprint density at radius 1 is 1.26 bits per heavy atom. The highest BCUT2D eigenvalue weighted by molar-refractivity contribution is 5.84. The molecule has 126 valence electrons. The zero-order valence-corrected chi connectivity index (χ0v) is 12.0. The molecule has 0 saturated carbocycles. The number of halogens is 3. The molecule has 6 nitrogen and oxygen atoms in total. The normalized spacial score (nSPS) is 18.4. The fourth-order valence-corrected chi connectivity index (χ4v) is 2.25. The van der Waals surface area contributed by atoms with Gasteiger partial charge in [-0.25, -0.2) is 9.59 Å². The van der Waals surface area contributed by atoms with Crippen LogP contribution < -0.4 is 5.32 Å². The van der Waals surface area contributed by atoms with Crippen LogP contribution in [0.25, 0.3) is 0 Å². The third kappa shape index (κ3) is 4.76. The van der Waals surface area contributed by atoms with Crippen molar-refractivity contribution < 1.29 is 32.6 Å². The van der Waals surface area contributed by atoms with Crippen LogP contribution in [0.4, 0.5) is 28.4 Å². The van der Waals surface area contributed by atoms with Gasteiger partial charge < -0.3 is 14.7 Å². The Morgan fingerprint density at radius 3 is 2.48 bits per heavy atom. The van der Waals surface area contributed by atoms with Crippen molar-refractivity contribution in [1.82, 2.24) is 4.90 Å². The number of benzene rings is 1. The maximum atomic E-state index is 12.4. The molecule has 1 fully saturated rings. The SMILES string of the molecule is O=C(Nc1ccc(C(F)(F)F)cc1)OC1CCCN(C(=O)O)C1. The third-order valence-corrected chi connectivity index (χ3v) is 3.38. The number of piperidine rings is 1. The van der Waals surface area contributed by atoms with Crippen molar-refractivity contribution in [2.24, 2.45) is 0 Å². The summed E-state index contributed by atoms with van der Waals surface area (Å²) in [5.41, 5.74) is -0.658. The lowest BCUT2D eigenvalue weighted by Crippen LogP contribution is -2.43. The zero-order valence-electron chi connectivity index (χ0n) is 12.0. The number of anilines is 1. The molecule has 0 aromatic heterocycles. The van der Waals surface area contributed by atoms with E-state index in [1.54, 1.807) is 0 Å². The van der Waals surface area contributed by atoms with Crippen molar-refractivity contribution in [2.75, 3.05) is 18.4 Å². The molecule has 0 spiro atoms. The Kier molecular flexibility index (Phi) is 4.97. The Labute approximate surface area is 129 Å². The highest BCUT2D eigenvalue weighted by Gasteiger charge is 2.30. The highest BCUT2D eigenvalue weighted by Crippen LogP contribution is 2.29. The number of amides is 2. The standard InChI is InChI=1S/C14H15F3N2O4/c15-14(16,17)9-3-5-10(6-4-9)18-12(20)23-11-2-1-7-19(8-11)13(21)22/h3-6,11H,1-2,7-8H2,(H,18,20)(H,21,22). The van der Waals surface area contributed by atoms with Crippen molar-refractivity contribution in [2.45, 2.75) is 25.1 Å². The molecule has 2 rings (SSSR count). The molecule has 1 aromatic carbocycles. The topological polar surface area (TPSA) is 78.9 Å². The van der Waals surface area contributed by atoms with E-state index >= 15 is 0 Å². The number of hydrogen-bond donors (Lipinski definition) is 2. The molecular weight excluding hydrogens is 317 g/mol. The molecule has 1 aliphatic rings. The highest BCUT2D eigenvalue weighted by atomic mass is 19.4. The fourth-order valence-electron chi connectivity index (χ4n) is 2.25. The maximum absolute atomic E-state index is 12.4. The summed E-state index contributed by atoms with van der Waals surface area (Å²) in [6.07, 6.45) is -5.83. The van der Waals surface area contributed by atoms with Crippen LogP contribution in [-0.2, 0) is 10.9 Å². The first-order valence-corrected chi connectivity index (χ1v) is 6.88. The fraction of sp³-hybridized carbons (Fsp3) is 0.429. The smallest absolute Gasteiger partial charge is 0.416 e. The molecular formula is C14H15F3N2O4. The number of carbonyl (C=O) groups is 2. The van der Waals surface area contributed by atoms with Gasteiger partial charge in [-0.1, -0.05) is 0 Å². The van der Waals surface area contributed by atoms with Crippen LogP contribution in [0, 0.1) is 0 Å². The number of carbonyl (C=O) groups excluding carboxylic acids is 1. The molecule has 0 bridgehead atoms. The second kappa shape index (κ2) is 6.76. The number of ether oxygens (including phenoxy) is 1. The molecule has 2 amide bonds. The van der Waals surface area contributed by atoms with E-state index in [0.29, 0.717) is 19.4 Å². The van der Waals surface area contributed by atoms with E-state index in [1.807, 2.05) is 0 Å². The maximum Gasteiger partial charge on any atom is 0.416 e. The summed E-state index contributed by atoms with van der Waals surface area (Å²) in [7, 11) is 0. The van der Waals surface area contributed by atoms with E-state index in [-0.39, 0.29) is 12.2 Å². The average Bonchev–Trinajstić information content (AvgIpc) is 2.47. The molecule has 1 atom stereocenters. The van der Waals surface area contributed by atoms with Gasteiger partial charge in [0, 0.05) is 12.2 Å². The average molecular weight is 332 g/mol. The van der Waals surface area contributed by atoms with Crippen LogP contribution in [0.1, 0.15) is 18.4 Å². The number of rotatable bonds is 2. The lowest BCUT2D eigenvalue weighted by Gasteiger charge is -2.30. The number of alkyl halides is 3. The number of likely N-dealkylation sites (tertiary alicyclic amines) is 1. The number of hydrogen-bond acceptors (Lipinski definition) is 3. The van der Waals surface area contributed by atoms with E-state index in [9.17, 15) is 22.8 Å². The molecule has 1 aliphatic heterocycles. The van der Waals surface area contributed by atoms with Gasteiger partial charge in [0.2, 0.25) is 0 Å². The Balaban J connectivity index is 1.88. The largest absolute Gasteiger partial charge is 0.465 e. The monoisotopic (exact) mass is 332 g/mol. The third-order valence-electron chi connectivity index (χ3n) is 3.38. The van der Waals surface area contributed by atoms with Crippen LogP contribution in [-0.4, -0.2) is 41.4 Å². The van der Waals surface area contributed by atoms with Crippen LogP contribution in [0.3, 0.4) is 0 Å². The number of carboxylic acid groups (broad SMARTS) is 1. The molecule has 1 unspecified atom stereocenters. The summed E-state index contributed by atoms with van der Waals surface area (Å²) in [5.74, 6) is 0. The molecule has 9 heteroatoms. The minimum Gasteiger partial charge on any atom is -0.465 e. The van der Waals surface area contributed by atoms with Crippen LogP contribution >= 0.6 is 0 Å². The lowest BCUT2D eigenvalue weighted by molar-refractivity contribution is -0.137. The van der Waals surface area contributed by atoms with Gasteiger partial charge >= 0.3 is 18.4 Å². The molecule has 2 N–H and O–H groups in total. The Bertz CT molecular complexity index is 574. The first kappa shape index (κ1) is 16.9. The summed E-state index contributed by atoms with van der Waals surface area (Å²) in [6.45, 7) is 0.464. The summed E-state index contributed by atoms with van der Waals surface area (Å²) < 4.78 is 42.4. The van der Waals surface area contributed by atoms with Crippen molar-refractivity contribution in [1.29, 1.82) is 0 Å². The number of nitrogens with zero attached hydrogens (tertiary/aromatic N) is 1. The first-order chi connectivity index (χ1) is 10.8. The van der Waals surface area contributed by atoms with Gasteiger partial charge in [0.1, 0.15) is 6.10 Å². The van der Waals surface area contributed by atoms with Gasteiger partial charge in [-0.3, -0.25) is 5.32 Å². The van der Waals surface area contributed by atoms with Crippen LogP contribution in [0.2, 0.25) is 0 Å². The van der Waals surface area contributed by atoms with E-state index < -0.39 is 30.0 Å². The van der Waals surface area contributed by atoms with E-state index in [4.69, 9.17) is 9.84 Å². The second-order valence-corrected chi connectivity index (χ2v) is 5.10. The Hall–Kier alpha value is -2.45. The molecule has 0 aliphatic carbocycles. The molecule has 1 saturated heterocycles. The van der Waals surface area contributed by atoms with E-state index in [2.05, 4.69) is 5.32 Å². The zero-order chi connectivity index (χ0) is 17.0. The summed E-state index contributed by atoms with van der Waals surface area (Å²) in [4.78, 5) is 23.7. The minimum atomic E-state index is -4.44. The Morgan fingerprint density at radius 2 is 1.91 bits per heavy atom. The van der Waals surface area contributed by atoms with Gasteiger partial charge in [-0.05, 0) is 37.1 Å². The summed E-state index contributed by atoms with van der Waals surface area (Å²) in [6, 6.07) is 3.94. The van der Waals surface area contributed by atoms with Crippen molar-refractivity contribution in [3.63, 3.8) is 0 Å². The predicted octanol–water partition coefficient (Wildman–Crippen LogP) is 3.40. The van der Waals surface area contributed by atoms with Crippen LogP contribution in [0.15, 0.2) is 24.3 Å². The number of nitrogens with one attached hydrogen (secondary N) is 1. The van der Waals surface area contributed by atoms with E-state index in [1.165, 1.54) is 0 Å². The van der Waals surface area contributed by atoms with Crippen molar-refractivity contribution >= 4 is 17.9 Å². The molecule has 1 heterocycles. The second-order valence-electron chi connectivity index (χ2n) is 5.10.